The van der Waals surface area contributed by atoms with Crippen molar-refractivity contribution in [3.8, 4) is 16.9 Å². The molecular formula is C33H25NO. The topological polar surface area (TPSA) is 14.2 Å². The minimum absolute atomic E-state index is 0.0425. The summed E-state index contributed by atoms with van der Waals surface area (Å²) in [7, 11) is 0. The minimum atomic E-state index is -0.0892. The van der Waals surface area contributed by atoms with Gasteiger partial charge in [-0.15, -0.1) is 0 Å². The molecule has 5 aromatic rings. The zero-order valence-electron chi connectivity index (χ0n) is 19.8. The van der Waals surface area contributed by atoms with Crippen LogP contribution >= 0.6 is 0 Å². The predicted molar refractivity (Wildman–Crippen MR) is 144 cm³/mol. The molecule has 8 rings (SSSR count). The molecule has 0 saturated carbocycles. The van der Waals surface area contributed by atoms with Crippen molar-refractivity contribution in [2.24, 2.45) is 0 Å². The van der Waals surface area contributed by atoms with E-state index in [4.69, 9.17) is 4.74 Å². The number of hydrogen-bond donors (Lipinski definition) is 0. The lowest BCUT2D eigenvalue weighted by Crippen LogP contribution is -2.28. The van der Waals surface area contributed by atoms with Crippen molar-refractivity contribution in [3.63, 3.8) is 0 Å². The fraction of sp³-hybridized carbons (Fsp3) is 0.152. The van der Waals surface area contributed by atoms with Gasteiger partial charge in [0.1, 0.15) is 11.9 Å². The lowest BCUT2D eigenvalue weighted by molar-refractivity contribution is 0.232. The molecule has 0 saturated heterocycles. The van der Waals surface area contributed by atoms with E-state index in [9.17, 15) is 0 Å². The van der Waals surface area contributed by atoms with Crippen LogP contribution in [0.1, 0.15) is 36.6 Å². The number of allylic oxidation sites excluding steroid dienone is 2. The molecule has 2 heteroatoms. The van der Waals surface area contributed by atoms with Gasteiger partial charge in [0.05, 0.1) is 11.6 Å². The molecule has 1 aromatic heterocycles. The number of aromatic nitrogens is 1. The Bertz CT molecular complexity index is 1760. The molecule has 168 valence electrons. The summed E-state index contributed by atoms with van der Waals surface area (Å²) in [6.45, 7) is 4.76. The summed E-state index contributed by atoms with van der Waals surface area (Å²) in [6, 6.07) is 30.9. The van der Waals surface area contributed by atoms with E-state index in [2.05, 4.69) is 122 Å². The second-order valence-corrected chi connectivity index (χ2v) is 10.5. The molecule has 2 aliphatic carbocycles. The summed E-state index contributed by atoms with van der Waals surface area (Å²) in [6.07, 6.45) is 6.72. The van der Waals surface area contributed by atoms with Gasteiger partial charge in [-0.3, -0.25) is 0 Å². The Morgan fingerprint density at radius 2 is 1.51 bits per heavy atom. The standard InChI is InChI=1S/C33H25NO/c1-33(2)26-14-6-3-10-20(26)23-18-19-24-21-11-4-7-15-27(21)34(31(24)30(23)33)28-16-9-13-25-22-12-5-8-17-29(22)35-32(25)28/h3-19,28,32H,1-2H3. The highest BCUT2D eigenvalue weighted by molar-refractivity contribution is 6.12. The van der Waals surface area contributed by atoms with Crippen molar-refractivity contribution in [2.45, 2.75) is 31.4 Å². The smallest absolute Gasteiger partial charge is 0.149 e. The van der Waals surface area contributed by atoms with Crippen LogP contribution in [0.4, 0.5) is 0 Å². The van der Waals surface area contributed by atoms with E-state index in [1.54, 1.807) is 0 Å². The SMILES string of the molecule is CC1(C)c2ccccc2-c2ccc3c4ccccc4n(C4C=CC=C5c6ccccc6OC54)c3c21. The Morgan fingerprint density at radius 3 is 2.43 bits per heavy atom. The van der Waals surface area contributed by atoms with E-state index in [0.29, 0.717) is 0 Å². The molecule has 1 aliphatic heterocycles. The quantitative estimate of drug-likeness (QED) is 0.251. The maximum Gasteiger partial charge on any atom is 0.149 e. The molecule has 2 unspecified atom stereocenters. The van der Waals surface area contributed by atoms with Crippen molar-refractivity contribution in [1.29, 1.82) is 0 Å². The van der Waals surface area contributed by atoms with E-state index in [1.165, 1.54) is 55.2 Å². The third-order valence-electron chi connectivity index (χ3n) is 8.34. The number of rotatable bonds is 1. The van der Waals surface area contributed by atoms with Crippen LogP contribution in [0.3, 0.4) is 0 Å². The second-order valence-electron chi connectivity index (χ2n) is 10.5. The zero-order chi connectivity index (χ0) is 23.3. The first-order valence-electron chi connectivity index (χ1n) is 12.4. The number of nitrogens with zero attached hydrogens (tertiary/aromatic N) is 1. The van der Waals surface area contributed by atoms with Crippen LogP contribution in [0.2, 0.25) is 0 Å². The third kappa shape index (κ3) is 2.34. The summed E-state index contributed by atoms with van der Waals surface area (Å²) in [5.74, 6) is 0.983. The molecule has 0 bridgehead atoms. The monoisotopic (exact) mass is 451 g/mol. The number of ether oxygens (including phenoxy) is 1. The van der Waals surface area contributed by atoms with Gasteiger partial charge in [-0.05, 0) is 34.4 Å². The lowest BCUT2D eigenvalue weighted by atomic mass is 9.81. The molecular weight excluding hydrogens is 426 g/mol. The van der Waals surface area contributed by atoms with E-state index >= 15 is 0 Å². The second kappa shape index (κ2) is 6.55. The van der Waals surface area contributed by atoms with Crippen LogP contribution in [-0.2, 0) is 5.41 Å². The minimum Gasteiger partial charge on any atom is -0.483 e. The van der Waals surface area contributed by atoms with Gasteiger partial charge >= 0.3 is 0 Å². The number of hydrogen-bond acceptors (Lipinski definition) is 1. The predicted octanol–water partition coefficient (Wildman–Crippen LogP) is 8.06. The summed E-state index contributed by atoms with van der Waals surface area (Å²) in [5, 5.41) is 2.62. The Hall–Kier alpha value is -4.04. The molecule has 4 aromatic carbocycles. The molecule has 0 amide bonds. The Balaban J connectivity index is 1.46. The molecule has 0 spiro atoms. The van der Waals surface area contributed by atoms with Crippen LogP contribution in [0.5, 0.6) is 5.75 Å². The van der Waals surface area contributed by atoms with Crippen LogP contribution in [0.15, 0.2) is 103 Å². The van der Waals surface area contributed by atoms with Gasteiger partial charge in [0.25, 0.3) is 0 Å². The van der Waals surface area contributed by atoms with E-state index in [1.807, 2.05) is 0 Å². The lowest BCUT2D eigenvalue weighted by Gasteiger charge is -2.29. The molecule has 2 nitrogen and oxygen atoms in total. The first-order chi connectivity index (χ1) is 17.1. The van der Waals surface area contributed by atoms with Crippen molar-refractivity contribution in [1.82, 2.24) is 4.57 Å². The Kier molecular flexibility index (Phi) is 3.61. The fourth-order valence-corrected chi connectivity index (χ4v) is 6.85. The maximum atomic E-state index is 6.64. The summed E-state index contributed by atoms with van der Waals surface area (Å²) in [5.41, 5.74) is 10.5. The van der Waals surface area contributed by atoms with Crippen molar-refractivity contribution >= 4 is 27.4 Å². The largest absolute Gasteiger partial charge is 0.483 e. The average Bonchev–Trinajstić information content (AvgIpc) is 3.51. The van der Waals surface area contributed by atoms with Gasteiger partial charge in [0.2, 0.25) is 0 Å². The zero-order valence-corrected chi connectivity index (χ0v) is 19.8. The molecule has 2 heterocycles. The van der Waals surface area contributed by atoms with Gasteiger partial charge in [0.15, 0.2) is 0 Å². The number of para-hydroxylation sites is 2. The maximum absolute atomic E-state index is 6.64. The van der Waals surface area contributed by atoms with Crippen molar-refractivity contribution < 1.29 is 4.74 Å². The van der Waals surface area contributed by atoms with Crippen LogP contribution < -0.4 is 4.74 Å². The van der Waals surface area contributed by atoms with Crippen LogP contribution in [0, 0.1) is 0 Å². The molecule has 35 heavy (non-hydrogen) atoms. The molecule has 0 fully saturated rings. The summed E-state index contributed by atoms with van der Waals surface area (Å²) < 4.78 is 9.20. The fourth-order valence-electron chi connectivity index (χ4n) is 6.85. The van der Waals surface area contributed by atoms with Crippen molar-refractivity contribution in [2.75, 3.05) is 0 Å². The first kappa shape index (κ1) is 19.3. The molecule has 3 aliphatic rings. The molecule has 2 atom stereocenters. The van der Waals surface area contributed by atoms with Gasteiger partial charge in [-0.1, -0.05) is 105 Å². The number of fused-ring (bicyclic) bond motifs is 10. The Morgan fingerprint density at radius 1 is 0.743 bits per heavy atom. The summed E-state index contributed by atoms with van der Waals surface area (Å²) in [4.78, 5) is 0. The Labute approximate surface area is 204 Å². The first-order valence-corrected chi connectivity index (χ1v) is 12.4. The normalized spacial score (nSPS) is 20.8. The molecule has 0 radical (unpaired) electrons. The average molecular weight is 452 g/mol. The molecule has 0 N–H and O–H groups in total. The highest BCUT2D eigenvalue weighted by Gasteiger charge is 2.41. The van der Waals surface area contributed by atoms with Crippen LogP contribution in [-0.4, -0.2) is 10.7 Å². The van der Waals surface area contributed by atoms with E-state index in [-0.39, 0.29) is 17.6 Å². The highest BCUT2D eigenvalue weighted by Crippen LogP contribution is 2.54. The van der Waals surface area contributed by atoms with Gasteiger partial charge in [-0.25, -0.2) is 0 Å². The highest BCUT2D eigenvalue weighted by atomic mass is 16.5. The van der Waals surface area contributed by atoms with E-state index < -0.39 is 0 Å². The van der Waals surface area contributed by atoms with Gasteiger partial charge in [0, 0.05) is 32.8 Å². The van der Waals surface area contributed by atoms with Gasteiger partial charge in [-0.2, -0.15) is 0 Å². The third-order valence-corrected chi connectivity index (χ3v) is 8.34. The number of benzene rings is 4. The van der Waals surface area contributed by atoms with Gasteiger partial charge < -0.3 is 9.30 Å². The van der Waals surface area contributed by atoms with Crippen molar-refractivity contribution in [3.05, 3.63) is 120 Å². The summed E-state index contributed by atoms with van der Waals surface area (Å²) >= 11 is 0. The van der Waals surface area contributed by atoms with Crippen LogP contribution in [0.25, 0.3) is 38.5 Å². The van der Waals surface area contributed by atoms with E-state index in [0.717, 1.165) is 5.75 Å².